The van der Waals surface area contributed by atoms with Crippen molar-refractivity contribution in [1.29, 1.82) is 0 Å². The summed E-state index contributed by atoms with van der Waals surface area (Å²) in [6.07, 6.45) is -1.14. The van der Waals surface area contributed by atoms with Crippen LogP contribution >= 0.6 is 0 Å². The number of nitrogens with one attached hydrogen (secondary N) is 1. The van der Waals surface area contributed by atoms with E-state index in [1.54, 1.807) is 29.7 Å². The van der Waals surface area contributed by atoms with E-state index >= 15 is 0 Å². The first-order valence-corrected chi connectivity index (χ1v) is 9.66. The number of hydrogen-bond acceptors (Lipinski definition) is 7. The number of imidazole rings is 1. The number of carbonyl (C=O) groups is 1. The van der Waals surface area contributed by atoms with Gasteiger partial charge < -0.3 is 25.1 Å². The quantitative estimate of drug-likeness (QED) is 0.690. The van der Waals surface area contributed by atoms with Crippen molar-refractivity contribution >= 4 is 23.4 Å². The Labute approximate surface area is 176 Å². The number of amides is 1. The topological polar surface area (TPSA) is 112 Å². The molecule has 9 nitrogen and oxygen atoms in total. The molecule has 1 fully saturated rings. The molecular weight excluding hydrogens is 412 g/mol. The third kappa shape index (κ3) is 3.68. The van der Waals surface area contributed by atoms with Gasteiger partial charge in [0.1, 0.15) is 36.9 Å². The average Bonchev–Trinajstić information content (AvgIpc) is 3.27. The Morgan fingerprint density at radius 2 is 2.16 bits per heavy atom. The molecule has 0 saturated carbocycles. The number of nitrogens with zero attached hydrogens (tertiary/aromatic N) is 3. The lowest BCUT2D eigenvalue weighted by Crippen LogP contribution is -2.36. The van der Waals surface area contributed by atoms with E-state index in [1.165, 1.54) is 0 Å². The fraction of sp³-hybridized carbons (Fsp3) is 0.400. The van der Waals surface area contributed by atoms with Crippen molar-refractivity contribution in [3.05, 3.63) is 29.8 Å². The molecule has 3 heterocycles. The summed E-state index contributed by atoms with van der Waals surface area (Å²) in [5.74, 6) is 1.99. The van der Waals surface area contributed by atoms with Crippen LogP contribution in [0.5, 0.6) is 5.75 Å². The first-order valence-electron chi connectivity index (χ1n) is 9.66. The normalized spacial score (nSPS) is 18.4. The minimum atomic E-state index is -2.73. The highest BCUT2D eigenvalue weighted by molar-refractivity contribution is 5.83. The second kappa shape index (κ2) is 7.92. The molecule has 31 heavy (non-hydrogen) atoms. The largest absolute Gasteiger partial charge is 0.491 e. The number of aryl methyl sites for hydroxylation is 1. The highest BCUT2D eigenvalue weighted by atomic mass is 19.3. The van der Waals surface area contributed by atoms with Crippen molar-refractivity contribution in [1.82, 2.24) is 9.55 Å². The highest BCUT2D eigenvalue weighted by Crippen LogP contribution is 2.40. The van der Waals surface area contributed by atoms with E-state index in [4.69, 9.17) is 15.2 Å². The molecule has 0 radical (unpaired) electrons. The van der Waals surface area contributed by atoms with Crippen LogP contribution in [-0.2, 0) is 20.9 Å². The molecular formula is C20H21F2N5O4. The van der Waals surface area contributed by atoms with Gasteiger partial charge in [-0.15, -0.1) is 0 Å². The number of nitrogens with two attached hydrogens (primary N) is 1. The molecule has 4 rings (SSSR count). The van der Waals surface area contributed by atoms with E-state index < -0.39 is 24.4 Å². The summed E-state index contributed by atoms with van der Waals surface area (Å²) in [7, 11) is 0. The molecule has 0 bridgehead atoms. The molecule has 11 heteroatoms. The Hall–Kier alpha value is -3.59. The van der Waals surface area contributed by atoms with Gasteiger partial charge in [-0.1, -0.05) is 0 Å². The molecule has 1 saturated heterocycles. The number of fused-ring (bicyclic) bond motifs is 3. The first kappa shape index (κ1) is 20.7. The molecule has 0 spiro atoms. The number of benzene rings is 1. The standard InChI is InChI=1S/C20H21F2N5O4/c1-10-5-12(24-11(2)19(23)29)6-14-17(10)20-25-15(7-26(20)3-4-30-14)27-13(18(21)22)9-31-16(27)8-28/h5-7,11,13,18,24H,3-4,9H2,1-2H3,(H2,23,29)/t11?,13-/m0/s1. The van der Waals surface area contributed by atoms with Crippen LogP contribution in [-0.4, -0.2) is 53.1 Å². The smallest absolute Gasteiger partial charge is 0.284 e. The molecule has 0 aliphatic carbocycles. The maximum absolute atomic E-state index is 13.5. The molecule has 3 N–H and O–H groups in total. The van der Waals surface area contributed by atoms with E-state index in [-0.39, 0.29) is 18.3 Å². The number of primary amides is 1. The van der Waals surface area contributed by atoms with Crippen molar-refractivity contribution in [2.45, 2.75) is 38.9 Å². The molecule has 1 amide bonds. The van der Waals surface area contributed by atoms with Crippen LogP contribution in [0.25, 0.3) is 11.4 Å². The van der Waals surface area contributed by atoms with Gasteiger partial charge >= 0.3 is 0 Å². The maximum atomic E-state index is 13.5. The minimum Gasteiger partial charge on any atom is -0.491 e. The van der Waals surface area contributed by atoms with Crippen LogP contribution < -0.4 is 20.7 Å². The lowest BCUT2D eigenvalue weighted by atomic mass is 10.1. The van der Waals surface area contributed by atoms with Gasteiger partial charge in [-0.05, 0) is 25.5 Å². The van der Waals surface area contributed by atoms with Crippen LogP contribution in [0.1, 0.15) is 12.5 Å². The van der Waals surface area contributed by atoms with Crippen LogP contribution in [0.3, 0.4) is 0 Å². The summed E-state index contributed by atoms with van der Waals surface area (Å²) in [6.45, 7) is 3.92. The second-order valence-corrected chi connectivity index (χ2v) is 7.39. The molecule has 2 aromatic rings. The number of halogens is 2. The number of rotatable bonds is 5. The lowest BCUT2D eigenvalue weighted by molar-refractivity contribution is -0.118. The molecule has 2 aliphatic heterocycles. The fourth-order valence-electron chi connectivity index (χ4n) is 3.70. The summed E-state index contributed by atoms with van der Waals surface area (Å²) in [4.78, 5) is 28.2. The van der Waals surface area contributed by atoms with Crippen molar-refractivity contribution in [3.63, 3.8) is 0 Å². The van der Waals surface area contributed by atoms with E-state index in [0.717, 1.165) is 10.5 Å². The Balaban J connectivity index is 1.76. The third-order valence-electron chi connectivity index (χ3n) is 5.25. The molecule has 2 atom stereocenters. The van der Waals surface area contributed by atoms with Gasteiger partial charge in [0, 0.05) is 18.0 Å². The molecule has 1 aromatic heterocycles. The van der Waals surface area contributed by atoms with Crippen LogP contribution in [0.15, 0.2) is 24.2 Å². The van der Waals surface area contributed by atoms with E-state index in [2.05, 4.69) is 10.3 Å². The Morgan fingerprint density at radius 3 is 2.84 bits per heavy atom. The van der Waals surface area contributed by atoms with Gasteiger partial charge in [-0.3, -0.25) is 9.69 Å². The number of aromatic nitrogens is 2. The number of ether oxygens (including phenoxy) is 2. The Bertz CT molecular complexity index is 1080. The number of hydrogen-bond donors (Lipinski definition) is 2. The van der Waals surface area contributed by atoms with E-state index in [0.29, 0.717) is 36.0 Å². The van der Waals surface area contributed by atoms with Crippen molar-refractivity contribution < 1.29 is 27.8 Å². The van der Waals surface area contributed by atoms with Crippen LogP contribution in [0.4, 0.5) is 20.3 Å². The van der Waals surface area contributed by atoms with E-state index in [1.807, 2.05) is 13.0 Å². The van der Waals surface area contributed by atoms with Crippen LogP contribution in [0, 0.1) is 6.92 Å². The molecule has 2 aliphatic rings. The van der Waals surface area contributed by atoms with E-state index in [9.17, 15) is 18.4 Å². The lowest BCUT2D eigenvalue weighted by Gasteiger charge is -2.19. The zero-order chi connectivity index (χ0) is 22.3. The first-order chi connectivity index (χ1) is 14.8. The number of anilines is 2. The minimum absolute atomic E-state index is 0.174. The van der Waals surface area contributed by atoms with Gasteiger partial charge in [0.2, 0.25) is 5.91 Å². The Kier molecular flexibility index (Phi) is 5.28. The second-order valence-electron chi connectivity index (χ2n) is 7.39. The molecule has 1 aromatic carbocycles. The predicted molar refractivity (Wildman–Crippen MR) is 108 cm³/mol. The van der Waals surface area contributed by atoms with Crippen LogP contribution in [0.2, 0.25) is 0 Å². The van der Waals surface area contributed by atoms with Gasteiger partial charge in [-0.25, -0.2) is 18.6 Å². The fourth-order valence-corrected chi connectivity index (χ4v) is 3.70. The Morgan fingerprint density at radius 1 is 1.39 bits per heavy atom. The summed E-state index contributed by atoms with van der Waals surface area (Å²) in [6, 6.07) is 1.66. The predicted octanol–water partition coefficient (Wildman–Crippen LogP) is 1.68. The zero-order valence-electron chi connectivity index (χ0n) is 16.9. The summed E-state index contributed by atoms with van der Waals surface area (Å²) < 4.78 is 39.7. The van der Waals surface area contributed by atoms with Gasteiger partial charge in [-0.2, -0.15) is 0 Å². The number of carbonyl (C=O) groups excluding carboxylic acids is 2. The van der Waals surface area contributed by atoms with Crippen molar-refractivity contribution in [2.24, 2.45) is 5.73 Å². The monoisotopic (exact) mass is 433 g/mol. The summed E-state index contributed by atoms with van der Waals surface area (Å²) >= 11 is 0. The van der Waals surface area contributed by atoms with Gasteiger partial charge in [0.05, 0.1) is 12.1 Å². The van der Waals surface area contributed by atoms with Gasteiger partial charge in [0.15, 0.2) is 11.8 Å². The maximum Gasteiger partial charge on any atom is 0.284 e. The molecule has 1 unspecified atom stereocenters. The summed E-state index contributed by atoms with van der Waals surface area (Å²) in [5, 5.41) is 3.02. The van der Waals surface area contributed by atoms with Crippen molar-refractivity contribution in [2.75, 3.05) is 23.4 Å². The van der Waals surface area contributed by atoms with Gasteiger partial charge in [0.25, 0.3) is 12.3 Å². The average molecular weight is 433 g/mol. The molecule has 164 valence electrons. The zero-order valence-corrected chi connectivity index (χ0v) is 16.9. The SMILES string of the molecule is Cc1cc(NC(C)C(N)=O)cc2c1-c1nc(N3C(=C=O)OC[C@H]3C(F)F)cn1CCO2. The van der Waals surface area contributed by atoms with Crippen molar-refractivity contribution in [3.8, 4) is 17.1 Å². The third-order valence-corrected chi connectivity index (χ3v) is 5.25. The summed E-state index contributed by atoms with van der Waals surface area (Å²) in [5.41, 5.74) is 7.46. The highest BCUT2D eigenvalue weighted by Gasteiger charge is 2.40. The number of alkyl halides is 2.